The molecule has 3 aromatic carbocycles. The molecule has 0 unspecified atom stereocenters. The van der Waals surface area contributed by atoms with Gasteiger partial charge < -0.3 is 9.08 Å². The number of halogens is 2. The molecule has 1 aliphatic carbocycles. The molecular weight excluding hydrogens is 436 g/mol. The second-order valence-electron chi connectivity index (χ2n) is 7.78. The fraction of sp³-hybridized carbons (Fsp3) is 0.208. The van der Waals surface area contributed by atoms with Crippen LogP contribution in [-0.4, -0.2) is 25.8 Å². The Morgan fingerprint density at radius 1 is 0.938 bits per heavy atom. The van der Waals surface area contributed by atoms with Crippen molar-refractivity contribution < 1.29 is 26.2 Å². The van der Waals surface area contributed by atoms with Gasteiger partial charge in [-0.15, -0.1) is 0 Å². The highest BCUT2D eigenvalue weighted by Gasteiger charge is 2.28. The fourth-order valence-corrected chi connectivity index (χ4v) is 4.25. The van der Waals surface area contributed by atoms with Crippen LogP contribution in [0.3, 0.4) is 0 Å². The zero-order valence-electron chi connectivity index (χ0n) is 17.1. The molecule has 3 aromatic rings. The van der Waals surface area contributed by atoms with Crippen LogP contribution in [0.1, 0.15) is 28.8 Å². The molecule has 1 aliphatic rings. The number of carbonyl (C=O) groups is 1. The summed E-state index contributed by atoms with van der Waals surface area (Å²) < 4.78 is 56.9. The highest BCUT2D eigenvalue weighted by Crippen LogP contribution is 2.31. The van der Waals surface area contributed by atoms with Crippen LogP contribution in [0.15, 0.2) is 77.7 Å². The average Bonchev–Trinajstić information content (AvgIpc) is 3.57. The molecule has 0 radical (unpaired) electrons. The zero-order valence-corrected chi connectivity index (χ0v) is 17.9. The Kier molecular flexibility index (Phi) is 6.23. The van der Waals surface area contributed by atoms with E-state index >= 15 is 0 Å². The lowest BCUT2D eigenvalue weighted by atomic mass is 10.1. The molecule has 4 rings (SSSR count). The summed E-state index contributed by atoms with van der Waals surface area (Å²) >= 11 is 0. The number of amides is 1. The Bertz CT molecular complexity index is 1220. The van der Waals surface area contributed by atoms with E-state index < -0.39 is 21.8 Å². The maximum absolute atomic E-state index is 13.6. The van der Waals surface area contributed by atoms with Gasteiger partial charge >= 0.3 is 10.1 Å². The van der Waals surface area contributed by atoms with Crippen LogP contribution in [0.25, 0.3) is 0 Å². The Morgan fingerprint density at radius 3 is 2.34 bits per heavy atom. The van der Waals surface area contributed by atoms with Crippen molar-refractivity contribution in [3.63, 3.8) is 0 Å². The van der Waals surface area contributed by atoms with Crippen molar-refractivity contribution >= 4 is 16.0 Å². The van der Waals surface area contributed by atoms with E-state index in [0.29, 0.717) is 18.0 Å². The first-order chi connectivity index (χ1) is 15.3. The Labute approximate surface area is 185 Å². The van der Waals surface area contributed by atoms with Gasteiger partial charge in [0.1, 0.15) is 22.3 Å². The van der Waals surface area contributed by atoms with E-state index in [1.165, 1.54) is 24.3 Å². The van der Waals surface area contributed by atoms with Crippen molar-refractivity contribution in [3.05, 3.63) is 95.6 Å². The molecule has 0 saturated heterocycles. The molecule has 1 saturated carbocycles. The highest BCUT2D eigenvalue weighted by molar-refractivity contribution is 7.87. The van der Waals surface area contributed by atoms with Gasteiger partial charge in [0.2, 0.25) is 0 Å². The molecule has 166 valence electrons. The van der Waals surface area contributed by atoms with Crippen molar-refractivity contribution in [1.29, 1.82) is 0 Å². The Hall–Kier alpha value is -3.26. The SMILES string of the molecule is O=C(c1cccc(F)c1)N(Cc1cccc(OS(=O)(=O)c2ccc(F)cc2)c1)CC1CC1. The minimum atomic E-state index is -4.14. The number of hydrogen-bond acceptors (Lipinski definition) is 4. The monoisotopic (exact) mass is 457 g/mol. The van der Waals surface area contributed by atoms with Crippen LogP contribution >= 0.6 is 0 Å². The molecule has 5 nitrogen and oxygen atoms in total. The molecule has 0 bridgehead atoms. The molecule has 0 N–H and O–H groups in total. The first-order valence-corrected chi connectivity index (χ1v) is 11.5. The first-order valence-electron chi connectivity index (χ1n) is 10.1. The van der Waals surface area contributed by atoms with Gasteiger partial charge in [-0.2, -0.15) is 8.42 Å². The topological polar surface area (TPSA) is 63.7 Å². The normalized spacial score (nSPS) is 13.6. The molecule has 8 heteroatoms. The molecule has 0 heterocycles. The summed E-state index contributed by atoms with van der Waals surface area (Å²) in [5.74, 6) is -0.836. The second kappa shape index (κ2) is 9.08. The summed E-state index contributed by atoms with van der Waals surface area (Å²) in [6.07, 6.45) is 2.07. The predicted octanol–water partition coefficient (Wildman–Crippen LogP) is 4.78. The van der Waals surface area contributed by atoms with Gasteiger partial charge in [-0.1, -0.05) is 18.2 Å². The Balaban J connectivity index is 1.53. The van der Waals surface area contributed by atoms with Crippen molar-refractivity contribution in [1.82, 2.24) is 4.90 Å². The van der Waals surface area contributed by atoms with Crippen LogP contribution in [0.4, 0.5) is 8.78 Å². The average molecular weight is 457 g/mol. The molecule has 32 heavy (non-hydrogen) atoms. The maximum atomic E-state index is 13.6. The summed E-state index contributed by atoms with van der Waals surface area (Å²) in [5.41, 5.74) is 0.930. The van der Waals surface area contributed by atoms with Gasteiger partial charge in [0.15, 0.2) is 0 Å². The van der Waals surface area contributed by atoms with E-state index in [9.17, 15) is 22.0 Å². The third kappa shape index (κ3) is 5.50. The van der Waals surface area contributed by atoms with Crippen LogP contribution in [-0.2, 0) is 16.7 Å². The molecule has 0 aromatic heterocycles. The minimum absolute atomic E-state index is 0.0800. The third-order valence-electron chi connectivity index (χ3n) is 5.11. The summed E-state index contributed by atoms with van der Waals surface area (Å²) in [6, 6.07) is 16.3. The molecule has 0 aliphatic heterocycles. The predicted molar refractivity (Wildman–Crippen MR) is 115 cm³/mol. The number of nitrogens with zero attached hydrogens (tertiary/aromatic N) is 1. The highest BCUT2D eigenvalue weighted by atomic mass is 32.2. The smallest absolute Gasteiger partial charge is 0.339 e. The fourth-order valence-electron chi connectivity index (χ4n) is 3.33. The minimum Gasteiger partial charge on any atom is -0.379 e. The van der Waals surface area contributed by atoms with Crippen LogP contribution in [0, 0.1) is 17.6 Å². The second-order valence-corrected chi connectivity index (χ2v) is 9.32. The lowest BCUT2D eigenvalue weighted by molar-refractivity contribution is 0.0734. The standard InChI is InChI=1S/C24H21F2NO4S/c25-20-9-11-23(12-10-20)32(29,30)31-22-6-1-3-18(13-22)16-27(15-17-7-8-17)24(28)19-4-2-5-21(26)14-19/h1-6,9-14,17H,7-8,15-16H2. The summed E-state index contributed by atoms with van der Waals surface area (Å²) in [7, 11) is -4.14. The summed E-state index contributed by atoms with van der Waals surface area (Å²) in [5, 5.41) is 0. The Morgan fingerprint density at radius 2 is 1.66 bits per heavy atom. The van der Waals surface area contributed by atoms with Crippen molar-refractivity contribution in [2.45, 2.75) is 24.3 Å². The molecular formula is C24H21F2NO4S. The van der Waals surface area contributed by atoms with E-state index in [1.54, 1.807) is 29.2 Å². The quantitative estimate of drug-likeness (QED) is 0.457. The van der Waals surface area contributed by atoms with Gasteiger partial charge in [-0.3, -0.25) is 4.79 Å². The van der Waals surface area contributed by atoms with E-state index in [1.807, 2.05) is 0 Å². The van der Waals surface area contributed by atoms with Crippen molar-refractivity contribution in [3.8, 4) is 5.75 Å². The lowest BCUT2D eigenvalue weighted by Gasteiger charge is -2.23. The molecule has 0 spiro atoms. The largest absolute Gasteiger partial charge is 0.379 e. The van der Waals surface area contributed by atoms with Gasteiger partial charge in [0, 0.05) is 18.7 Å². The van der Waals surface area contributed by atoms with E-state index in [2.05, 4.69) is 0 Å². The molecule has 1 amide bonds. The van der Waals surface area contributed by atoms with Gasteiger partial charge in [0.05, 0.1) is 0 Å². The lowest BCUT2D eigenvalue weighted by Crippen LogP contribution is -2.32. The van der Waals surface area contributed by atoms with Gasteiger partial charge in [-0.05, 0) is 78.9 Å². The molecule has 1 fully saturated rings. The third-order valence-corrected chi connectivity index (χ3v) is 6.38. The summed E-state index contributed by atoms with van der Waals surface area (Å²) in [4.78, 5) is 14.5. The maximum Gasteiger partial charge on any atom is 0.339 e. The van der Waals surface area contributed by atoms with Crippen molar-refractivity contribution in [2.75, 3.05) is 6.54 Å². The van der Waals surface area contributed by atoms with Crippen molar-refractivity contribution in [2.24, 2.45) is 5.92 Å². The number of carbonyl (C=O) groups excluding carboxylic acids is 1. The summed E-state index contributed by atoms with van der Waals surface area (Å²) in [6.45, 7) is 0.758. The van der Waals surface area contributed by atoms with Crippen LogP contribution in [0.5, 0.6) is 5.75 Å². The number of hydrogen-bond donors (Lipinski definition) is 0. The van der Waals surface area contributed by atoms with Crippen LogP contribution < -0.4 is 4.18 Å². The first kappa shape index (κ1) is 22.0. The van der Waals surface area contributed by atoms with Gasteiger partial charge in [-0.25, -0.2) is 8.78 Å². The van der Waals surface area contributed by atoms with Gasteiger partial charge in [0.25, 0.3) is 5.91 Å². The van der Waals surface area contributed by atoms with Crippen LogP contribution in [0.2, 0.25) is 0 Å². The van der Waals surface area contributed by atoms with E-state index in [0.717, 1.165) is 37.1 Å². The van der Waals surface area contributed by atoms with E-state index in [4.69, 9.17) is 4.18 Å². The molecule has 0 atom stereocenters. The number of benzene rings is 3. The zero-order chi connectivity index (χ0) is 22.7. The number of rotatable bonds is 8. The van der Waals surface area contributed by atoms with E-state index in [-0.39, 0.29) is 28.7 Å².